The number of carbonyl (C=O) groups is 1. The molecule has 3 fully saturated rings. The Morgan fingerprint density at radius 3 is 2.42 bits per heavy atom. The van der Waals surface area contributed by atoms with E-state index in [2.05, 4.69) is 26.1 Å². The lowest BCUT2D eigenvalue weighted by Crippen LogP contribution is -2.44. The first-order valence-electron chi connectivity index (χ1n) is 12.3. The summed E-state index contributed by atoms with van der Waals surface area (Å²) in [4.78, 5) is 34.6. The summed E-state index contributed by atoms with van der Waals surface area (Å²) in [5.74, 6) is 2.17. The van der Waals surface area contributed by atoms with Crippen LogP contribution in [0.15, 0.2) is 4.79 Å². The molecule has 182 valence electrons. The van der Waals surface area contributed by atoms with E-state index in [1.54, 1.807) is 0 Å². The van der Waals surface area contributed by atoms with Gasteiger partial charge in [-0.1, -0.05) is 20.8 Å². The number of anilines is 1. The van der Waals surface area contributed by atoms with Crippen LogP contribution in [0.5, 0.6) is 0 Å². The molecule has 0 spiro atoms. The van der Waals surface area contributed by atoms with E-state index in [0.29, 0.717) is 19.0 Å². The van der Waals surface area contributed by atoms with Gasteiger partial charge in [0.25, 0.3) is 0 Å². The molecule has 0 radical (unpaired) electrons. The first-order valence-corrected chi connectivity index (χ1v) is 12.3. The number of aliphatic carboxylic acids is 1. The molecule has 3 saturated carbocycles. The zero-order valence-corrected chi connectivity index (χ0v) is 20.7. The Morgan fingerprint density at radius 1 is 1.18 bits per heavy atom. The van der Waals surface area contributed by atoms with E-state index < -0.39 is 5.97 Å². The van der Waals surface area contributed by atoms with Crippen molar-refractivity contribution >= 4 is 24.2 Å². The van der Waals surface area contributed by atoms with E-state index >= 15 is 0 Å². The molecule has 3 aliphatic heterocycles. The number of fused-ring (bicyclic) bond motifs is 6. The minimum Gasteiger partial charge on any atom is -0.481 e. The lowest BCUT2D eigenvalue weighted by molar-refractivity contribution is -0.138. The molecular formula is C24H36ClN5O3. The fraction of sp³-hybridized carbons (Fsp3) is 0.750. The van der Waals surface area contributed by atoms with Crippen molar-refractivity contribution in [1.82, 2.24) is 19.1 Å². The number of aromatic nitrogens is 4. The number of nitrogens with zero attached hydrogens (tertiary/aromatic N) is 4. The van der Waals surface area contributed by atoms with Crippen LogP contribution < -0.4 is 11.0 Å². The predicted molar refractivity (Wildman–Crippen MR) is 129 cm³/mol. The fourth-order valence-corrected chi connectivity index (χ4v) is 6.26. The van der Waals surface area contributed by atoms with E-state index in [1.807, 2.05) is 9.13 Å². The van der Waals surface area contributed by atoms with Gasteiger partial charge >= 0.3 is 11.7 Å². The minimum absolute atomic E-state index is 0. The topological polar surface area (TPSA) is 102 Å². The number of nitrogens with one attached hydrogen (secondary N) is 1. The lowest BCUT2D eigenvalue weighted by Gasteiger charge is -2.52. The monoisotopic (exact) mass is 477 g/mol. The Hall–Kier alpha value is -2.09. The van der Waals surface area contributed by atoms with Crippen molar-refractivity contribution < 1.29 is 9.90 Å². The third kappa shape index (κ3) is 3.84. The van der Waals surface area contributed by atoms with Crippen LogP contribution in [0.3, 0.4) is 0 Å². The van der Waals surface area contributed by atoms with Crippen molar-refractivity contribution in [3.63, 3.8) is 0 Å². The SMILES string of the molecule is CCCn1c2nc(C34CCC(CCC(=O)O)(CC3)CC4)nc-2c2n(c1=O)C[C@@H](C(C)C)N2.Cl. The summed E-state index contributed by atoms with van der Waals surface area (Å²) >= 11 is 0. The van der Waals surface area contributed by atoms with Crippen molar-refractivity contribution in [2.75, 3.05) is 5.32 Å². The quantitative estimate of drug-likeness (QED) is 0.617. The molecule has 2 N–H and O–H groups in total. The lowest BCUT2D eigenvalue weighted by atomic mass is 9.52. The third-order valence-electron chi connectivity index (χ3n) is 8.55. The fourth-order valence-electron chi connectivity index (χ4n) is 6.26. The van der Waals surface area contributed by atoms with E-state index in [-0.39, 0.29) is 41.4 Å². The molecule has 9 heteroatoms. The molecule has 1 atom stereocenters. The molecule has 0 aromatic rings. The predicted octanol–water partition coefficient (Wildman–Crippen LogP) is 4.28. The molecular weight excluding hydrogens is 442 g/mol. The van der Waals surface area contributed by atoms with Gasteiger partial charge in [-0.05, 0) is 62.7 Å². The standard InChI is InChI=1S/C24H35N5O3.ClH/c1-4-13-28-20-18(19-25-16(15(2)3)14-29(19)22(28)32)26-21(27-20)24-10-7-23(8-11-24,9-12-24)6-5-17(30)31;/h15-16,25H,4-14H2,1-3H3,(H,30,31);1H/t16-,23?,24?;/m0./s1. The molecule has 0 saturated heterocycles. The Morgan fingerprint density at radius 2 is 1.85 bits per heavy atom. The van der Waals surface area contributed by atoms with Gasteiger partial charge in [0.15, 0.2) is 5.82 Å². The molecule has 3 aliphatic carbocycles. The summed E-state index contributed by atoms with van der Waals surface area (Å²) in [6.45, 7) is 7.75. The number of carboxylic acids is 1. The van der Waals surface area contributed by atoms with Crippen molar-refractivity contribution in [2.45, 2.75) is 103 Å². The highest BCUT2D eigenvalue weighted by Gasteiger charge is 2.51. The third-order valence-corrected chi connectivity index (χ3v) is 8.55. The van der Waals surface area contributed by atoms with Gasteiger partial charge in [0, 0.05) is 31.0 Å². The van der Waals surface area contributed by atoms with Gasteiger partial charge in [0.2, 0.25) is 0 Å². The van der Waals surface area contributed by atoms with Crippen molar-refractivity contribution in [1.29, 1.82) is 0 Å². The van der Waals surface area contributed by atoms with E-state index in [0.717, 1.165) is 74.5 Å². The Labute approximate surface area is 200 Å². The van der Waals surface area contributed by atoms with E-state index in [9.17, 15) is 9.59 Å². The molecule has 0 aromatic carbocycles. The summed E-state index contributed by atoms with van der Waals surface area (Å²) in [6, 6.07) is 0.223. The summed E-state index contributed by atoms with van der Waals surface area (Å²) in [5, 5.41) is 12.7. The van der Waals surface area contributed by atoms with E-state index in [1.165, 1.54) is 0 Å². The zero-order valence-electron chi connectivity index (χ0n) is 19.9. The van der Waals surface area contributed by atoms with Crippen LogP contribution >= 0.6 is 12.4 Å². The van der Waals surface area contributed by atoms with Gasteiger partial charge < -0.3 is 10.4 Å². The molecule has 6 aliphatic rings. The highest BCUT2D eigenvalue weighted by molar-refractivity contribution is 5.85. The van der Waals surface area contributed by atoms with Crippen molar-refractivity contribution in [2.24, 2.45) is 11.3 Å². The van der Waals surface area contributed by atoms with Gasteiger partial charge in [0.05, 0.1) is 0 Å². The molecule has 0 amide bonds. The second-order valence-electron chi connectivity index (χ2n) is 10.8. The van der Waals surface area contributed by atoms with Gasteiger partial charge in [-0.25, -0.2) is 14.8 Å². The molecule has 33 heavy (non-hydrogen) atoms. The zero-order chi connectivity index (χ0) is 22.7. The molecule has 0 aromatic heterocycles. The van der Waals surface area contributed by atoms with Crippen LogP contribution in [0.4, 0.5) is 5.82 Å². The molecule has 2 bridgehead atoms. The van der Waals surface area contributed by atoms with Crippen LogP contribution in [0, 0.1) is 11.3 Å². The second kappa shape index (κ2) is 8.60. The number of halogens is 1. The summed E-state index contributed by atoms with van der Waals surface area (Å²) < 4.78 is 3.68. The van der Waals surface area contributed by atoms with Crippen LogP contribution in [0.25, 0.3) is 11.5 Å². The Kier molecular flexibility index (Phi) is 6.27. The van der Waals surface area contributed by atoms with Gasteiger partial charge in [0.1, 0.15) is 17.3 Å². The number of imidazole rings is 1. The van der Waals surface area contributed by atoms with E-state index in [4.69, 9.17) is 15.1 Å². The second-order valence-corrected chi connectivity index (χ2v) is 10.8. The Bertz CT molecular complexity index is 1050. The summed E-state index contributed by atoms with van der Waals surface area (Å²) in [5.41, 5.74) is 0.984. The maximum atomic E-state index is 13.3. The molecule has 6 rings (SSSR count). The van der Waals surface area contributed by atoms with Crippen LogP contribution in [0.1, 0.15) is 84.4 Å². The van der Waals surface area contributed by atoms with Gasteiger partial charge in [-0.2, -0.15) is 0 Å². The van der Waals surface area contributed by atoms with Gasteiger partial charge in [-0.3, -0.25) is 13.9 Å². The molecule has 3 heterocycles. The summed E-state index contributed by atoms with van der Waals surface area (Å²) in [7, 11) is 0. The first kappa shape index (κ1) is 24.0. The minimum atomic E-state index is -0.695. The molecule has 8 nitrogen and oxygen atoms in total. The smallest absolute Gasteiger partial charge is 0.331 e. The first-order chi connectivity index (χ1) is 15.3. The van der Waals surface area contributed by atoms with Gasteiger partial charge in [-0.15, -0.1) is 12.4 Å². The number of hydrogen-bond donors (Lipinski definition) is 2. The van der Waals surface area contributed by atoms with Crippen LogP contribution in [0.2, 0.25) is 0 Å². The highest BCUT2D eigenvalue weighted by atomic mass is 35.5. The number of rotatable bonds is 7. The van der Waals surface area contributed by atoms with Crippen LogP contribution in [-0.4, -0.2) is 36.2 Å². The normalized spacial score (nSPS) is 28.1. The maximum Gasteiger partial charge on any atom is 0.331 e. The Balaban J connectivity index is 0.00000259. The van der Waals surface area contributed by atoms with Crippen molar-refractivity contribution in [3.8, 4) is 11.5 Å². The average molecular weight is 478 g/mol. The number of carboxylic acid groups (broad SMARTS) is 1. The maximum absolute atomic E-state index is 13.3. The molecule has 0 unspecified atom stereocenters. The largest absolute Gasteiger partial charge is 0.481 e. The highest BCUT2D eigenvalue weighted by Crippen LogP contribution is 2.59. The summed E-state index contributed by atoms with van der Waals surface area (Å²) in [6.07, 6.45) is 8.10. The van der Waals surface area contributed by atoms with Crippen LogP contribution in [-0.2, 0) is 23.3 Å². The van der Waals surface area contributed by atoms with Crippen molar-refractivity contribution in [3.05, 3.63) is 16.3 Å². The number of hydrogen-bond acceptors (Lipinski definition) is 5. The average Bonchev–Trinajstić information content (AvgIpc) is 3.42.